The maximum Gasteiger partial charge on any atom is 0.0311 e. The van der Waals surface area contributed by atoms with Gasteiger partial charge in [-0.3, -0.25) is 0 Å². The standard InChI is InChI=1S/C10H15NS/c1-6-3-8(11)10-7(2)5-12-9(10)4-6/h5-6,8H,3-4,11H2,1-2H3. The molecule has 1 heterocycles. The second-order valence-electron chi connectivity index (χ2n) is 3.91. The van der Waals surface area contributed by atoms with E-state index in [1.165, 1.54) is 22.4 Å². The Morgan fingerprint density at radius 3 is 3.08 bits per heavy atom. The minimum atomic E-state index is 0.301. The van der Waals surface area contributed by atoms with Crippen LogP contribution in [0.25, 0.3) is 0 Å². The molecule has 0 radical (unpaired) electrons. The van der Waals surface area contributed by atoms with Crippen LogP contribution in [0.15, 0.2) is 5.38 Å². The topological polar surface area (TPSA) is 26.0 Å². The van der Waals surface area contributed by atoms with Gasteiger partial charge in [0.2, 0.25) is 0 Å². The van der Waals surface area contributed by atoms with Crippen LogP contribution in [0, 0.1) is 12.8 Å². The maximum atomic E-state index is 6.09. The average molecular weight is 181 g/mol. The van der Waals surface area contributed by atoms with Crippen molar-refractivity contribution in [3.05, 3.63) is 21.4 Å². The number of fused-ring (bicyclic) bond motifs is 1. The van der Waals surface area contributed by atoms with Crippen molar-refractivity contribution in [3.8, 4) is 0 Å². The highest BCUT2D eigenvalue weighted by molar-refractivity contribution is 7.10. The van der Waals surface area contributed by atoms with E-state index in [0.29, 0.717) is 6.04 Å². The van der Waals surface area contributed by atoms with Crippen LogP contribution in [-0.2, 0) is 6.42 Å². The molecule has 1 nitrogen and oxygen atoms in total. The molecule has 1 aromatic rings. The third kappa shape index (κ3) is 1.19. The molecule has 66 valence electrons. The Hall–Kier alpha value is -0.340. The smallest absolute Gasteiger partial charge is 0.0311 e. The molecule has 0 saturated carbocycles. The van der Waals surface area contributed by atoms with E-state index in [-0.39, 0.29) is 0 Å². The minimum Gasteiger partial charge on any atom is -0.324 e. The van der Waals surface area contributed by atoms with Gasteiger partial charge < -0.3 is 5.73 Å². The number of rotatable bonds is 0. The van der Waals surface area contributed by atoms with Gasteiger partial charge in [-0.2, -0.15) is 0 Å². The summed E-state index contributed by atoms with van der Waals surface area (Å²) in [5.41, 5.74) is 8.93. The highest BCUT2D eigenvalue weighted by atomic mass is 32.1. The zero-order valence-electron chi connectivity index (χ0n) is 7.63. The van der Waals surface area contributed by atoms with Gasteiger partial charge in [0.25, 0.3) is 0 Å². The van der Waals surface area contributed by atoms with Crippen molar-refractivity contribution in [2.75, 3.05) is 0 Å². The molecular formula is C10H15NS. The Morgan fingerprint density at radius 1 is 1.58 bits per heavy atom. The molecule has 2 unspecified atom stereocenters. The largest absolute Gasteiger partial charge is 0.324 e. The fraction of sp³-hybridized carbons (Fsp3) is 0.600. The Balaban J connectivity index is 2.43. The van der Waals surface area contributed by atoms with E-state index in [4.69, 9.17) is 5.73 Å². The van der Waals surface area contributed by atoms with Crippen molar-refractivity contribution < 1.29 is 0 Å². The average Bonchev–Trinajstić information content (AvgIpc) is 2.31. The molecule has 1 aliphatic rings. The summed E-state index contributed by atoms with van der Waals surface area (Å²) in [6.45, 7) is 4.46. The molecule has 1 aromatic heterocycles. The van der Waals surface area contributed by atoms with E-state index in [2.05, 4.69) is 19.2 Å². The van der Waals surface area contributed by atoms with Gasteiger partial charge >= 0.3 is 0 Å². The zero-order valence-corrected chi connectivity index (χ0v) is 8.45. The van der Waals surface area contributed by atoms with Crippen molar-refractivity contribution in [2.24, 2.45) is 11.7 Å². The van der Waals surface area contributed by atoms with Crippen molar-refractivity contribution >= 4 is 11.3 Å². The molecule has 2 atom stereocenters. The first-order valence-electron chi connectivity index (χ1n) is 4.51. The zero-order chi connectivity index (χ0) is 8.72. The van der Waals surface area contributed by atoms with Gasteiger partial charge in [-0.25, -0.2) is 0 Å². The first kappa shape index (κ1) is 8.27. The molecule has 0 aromatic carbocycles. The van der Waals surface area contributed by atoms with Crippen LogP contribution in [0.5, 0.6) is 0 Å². The van der Waals surface area contributed by atoms with Crippen LogP contribution < -0.4 is 5.73 Å². The van der Waals surface area contributed by atoms with Crippen molar-refractivity contribution in [3.63, 3.8) is 0 Å². The molecule has 12 heavy (non-hydrogen) atoms. The highest BCUT2D eigenvalue weighted by Crippen LogP contribution is 2.37. The highest BCUT2D eigenvalue weighted by Gasteiger charge is 2.24. The second kappa shape index (κ2) is 2.86. The molecular weight excluding hydrogens is 166 g/mol. The van der Waals surface area contributed by atoms with E-state index in [9.17, 15) is 0 Å². The van der Waals surface area contributed by atoms with Gasteiger partial charge in [0.1, 0.15) is 0 Å². The van der Waals surface area contributed by atoms with E-state index in [0.717, 1.165) is 12.3 Å². The van der Waals surface area contributed by atoms with E-state index >= 15 is 0 Å². The molecule has 2 rings (SSSR count). The molecule has 0 saturated heterocycles. The lowest BCUT2D eigenvalue weighted by atomic mass is 9.85. The summed E-state index contributed by atoms with van der Waals surface area (Å²) in [7, 11) is 0. The molecule has 0 aliphatic heterocycles. The molecule has 1 aliphatic carbocycles. The van der Waals surface area contributed by atoms with Gasteiger partial charge in [-0.1, -0.05) is 6.92 Å². The molecule has 2 N–H and O–H groups in total. The van der Waals surface area contributed by atoms with E-state index in [1.54, 1.807) is 0 Å². The predicted molar refractivity (Wildman–Crippen MR) is 53.5 cm³/mol. The molecule has 2 heteroatoms. The number of thiophene rings is 1. The first-order valence-corrected chi connectivity index (χ1v) is 5.39. The summed E-state index contributed by atoms with van der Waals surface area (Å²) in [5.74, 6) is 0.769. The number of aryl methyl sites for hydroxylation is 1. The fourth-order valence-electron chi connectivity index (χ4n) is 2.11. The van der Waals surface area contributed by atoms with Crippen LogP contribution in [0.3, 0.4) is 0 Å². The monoisotopic (exact) mass is 181 g/mol. The normalized spacial score (nSPS) is 28.6. The summed E-state index contributed by atoms with van der Waals surface area (Å²) in [5, 5.41) is 2.24. The Bertz CT molecular complexity index is 290. The predicted octanol–water partition coefficient (Wildman–Crippen LogP) is 2.64. The van der Waals surface area contributed by atoms with Crippen LogP contribution in [-0.4, -0.2) is 0 Å². The van der Waals surface area contributed by atoms with Crippen molar-refractivity contribution in [1.82, 2.24) is 0 Å². The Labute approximate surface area is 77.6 Å². The van der Waals surface area contributed by atoms with Gasteiger partial charge in [-0.15, -0.1) is 11.3 Å². The summed E-state index contributed by atoms with van der Waals surface area (Å²) in [6.07, 6.45) is 2.39. The van der Waals surface area contributed by atoms with Crippen LogP contribution in [0.4, 0.5) is 0 Å². The van der Waals surface area contributed by atoms with Gasteiger partial charge in [0, 0.05) is 10.9 Å². The SMILES string of the molecule is Cc1csc2c1C(N)CC(C)C2. The Kier molecular flexibility index (Phi) is 1.97. The number of hydrogen-bond acceptors (Lipinski definition) is 2. The lowest BCUT2D eigenvalue weighted by Gasteiger charge is -2.24. The van der Waals surface area contributed by atoms with Crippen LogP contribution in [0.1, 0.15) is 35.4 Å². The summed E-state index contributed by atoms with van der Waals surface area (Å²) < 4.78 is 0. The summed E-state index contributed by atoms with van der Waals surface area (Å²) >= 11 is 1.88. The third-order valence-corrected chi connectivity index (χ3v) is 3.81. The lowest BCUT2D eigenvalue weighted by Crippen LogP contribution is -2.21. The quantitative estimate of drug-likeness (QED) is 0.654. The molecule has 0 amide bonds. The number of hydrogen-bond donors (Lipinski definition) is 1. The fourth-order valence-corrected chi connectivity index (χ4v) is 3.38. The van der Waals surface area contributed by atoms with E-state index < -0.39 is 0 Å². The van der Waals surface area contributed by atoms with Gasteiger partial charge in [0.05, 0.1) is 0 Å². The van der Waals surface area contributed by atoms with E-state index in [1.807, 2.05) is 11.3 Å². The van der Waals surface area contributed by atoms with Crippen molar-refractivity contribution in [1.29, 1.82) is 0 Å². The molecule has 0 bridgehead atoms. The Morgan fingerprint density at radius 2 is 2.33 bits per heavy atom. The first-order chi connectivity index (χ1) is 5.68. The molecule has 0 fully saturated rings. The van der Waals surface area contributed by atoms with Gasteiger partial charge in [0.15, 0.2) is 0 Å². The van der Waals surface area contributed by atoms with Crippen LogP contribution in [0.2, 0.25) is 0 Å². The van der Waals surface area contributed by atoms with Crippen molar-refractivity contribution in [2.45, 2.75) is 32.7 Å². The maximum absolute atomic E-state index is 6.09. The second-order valence-corrected chi connectivity index (χ2v) is 4.87. The lowest BCUT2D eigenvalue weighted by molar-refractivity contribution is 0.443. The minimum absolute atomic E-state index is 0.301. The summed E-state index contributed by atoms with van der Waals surface area (Å²) in [6, 6.07) is 0.301. The summed E-state index contributed by atoms with van der Waals surface area (Å²) in [4.78, 5) is 1.53. The van der Waals surface area contributed by atoms with Gasteiger partial charge in [-0.05, 0) is 42.2 Å². The van der Waals surface area contributed by atoms with Crippen LogP contribution >= 0.6 is 11.3 Å². The molecule has 0 spiro atoms. The number of nitrogens with two attached hydrogens (primary N) is 1. The third-order valence-electron chi connectivity index (χ3n) is 2.66.